The molecule has 4 nitrogen and oxygen atoms in total. The molecule has 0 fully saturated rings. The molecule has 2 N–H and O–H groups in total. The van der Waals surface area contributed by atoms with Crippen LogP contribution in [0.25, 0.3) is 0 Å². The molecule has 0 amide bonds. The van der Waals surface area contributed by atoms with Crippen LogP contribution >= 0.6 is 0 Å². The minimum absolute atomic E-state index is 0.0522. The summed E-state index contributed by atoms with van der Waals surface area (Å²) in [5, 5.41) is 21.4. The van der Waals surface area contributed by atoms with Gasteiger partial charge in [-0.05, 0) is 42.3 Å². The Morgan fingerprint density at radius 3 is 2.81 bits per heavy atom. The summed E-state index contributed by atoms with van der Waals surface area (Å²) in [5.74, 6) is 0.967. The van der Waals surface area contributed by atoms with Gasteiger partial charge in [0.25, 0.3) is 0 Å². The van der Waals surface area contributed by atoms with Crippen molar-refractivity contribution in [3.05, 3.63) is 59.7 Å². The maximum absolute atomic E-state index is 9.50. The van der Waals surface area contributed by atoms with E-state index in [1.807, 2.05) is 49.4 Å². The quantitative estimate of drug-likeness (QED) is 0.854. The van der Waals surface area contributed by atoms with Gasteiger partial charge in [0.2, 0.25) is 0 Å². The van der Waals surface area contributed by atoms with E-state index in [-0.39, 0.29) is 18.4 Å². The molecule has 0 aromatic heterocycles. The molecule has 0 spiro atoms. The number of benzene rings is 2. The monoisotopic (exact) mass is 282 g/mol. The van der Waals surface area contributed by atoms with Crippen molar-refractivity contribution < 1.29 is 9.84 Å². The van der Waals surface area contributed by atoms with Crippen molar-refractivity contribution in [2.24, 2.45) is 0 Å². The number of nitriles is 1. The predicted molar refractivity (Wildman–Crippen MR) is 80.9 cm³/mol. The lowest BCUT2D eigenvalue weighted by molar-refractivity contribution is 0.367. The van der Waals surface area contributed by atoms with Crippen molar-refractivity contribution in [2.45, 2.75) is 19.5 Å². The van der Waals surface area contributed by atoms with Crippen LogP contribution in [0.4, 0.5) is 0 Å². The van der Waals surface area contributed by atoms with E-state index in [0.29, 0.717) is 12.3 Å². The molecule has 0 saturated carbocycles. The van der Waals surface area contributed by atoms with Crippen LogP contribution in [0.5, 0.6) is 11.5 Å². The Morgan fingerprint density at radius 2 is 2.05 bits per heavy atom. The lowest BCUT2D eigenvalue weighted by Gasteiger charge is -2.15. The van der Waals surface area contributed by atoms with Crippen LogP contribution in [-0.4, -0.2) is 11.7 Å². The second kappa shape index (κ2) is 7.32. The van der Waals surface area contributed by atoms with Crippen LogP contribution in [0.2, 0.25) is 0 Å². The van der Waals surface area contributed by atoms with Crippen molar-refractivity contribution in [1.29, 1.82) is 5.26 Å². The smallest absolute Gasteiger partial charge is 0.174 e. The molecule has 0 aliphatic carbocycles. The number of nitrogens with zero attached hydrogens (tertiary/aromatic N) is 1. The standard InChI is InChI=1S/C17H18N2O2/c1-13(15-5-3-6-16(20)11-15)19-12-14-4-2-7-17(10-14)21-9-8-18/h2-7,10-11,13,19-20H,9,12H2,1H3. The summed E-state index contributed by atoms with van der Waals surface area (Å²) >= 11 is 0. The maximum atomic E-state index is 9.50. The Kier molecular flexibility index (Phi) is 5.19. The fraction of sp³-hybridized carbons (Fsp3) is 0.235. The Hall–Kier alpha value is -2.51. The summed E-state index contributed by atoms with van der Waals surface area (Å²) in [7, 11) is 0. The minimum Gasteiger partial charge on any atom is -0.508 e. The second-order valence-corrected chi connectivity index (χ2v) is 4.79. The molecule has 0 saturated heterocycles. The van der Waals surface area contributed by atoms with Crippen molar-refractivity contribution in [3.63, 3.8) is 0 Å². The Morgan fingerprint density at radius 1 is 1.24 bits per heavy atom. The lowest BCUT2D eigenvalue weighted by Crippen LogP contribution is -2.18. The van der Waals surface area contributed by atoms with Crippen molar-refractivity contribution in [3.8, 4) is 17.6 Å². The molecule has 0 heterocycles. The third-order valence-corrected chi connectivity index (χ3v) is 3.18. The van der Waals surface area contributed by atoms with Gasteiger partial charge in [-0.1, -0.05) is 24.3 Å². The molecule has 0 bridgehead atoms. The zero-order valence-corrected chi connectivity index (χ0v) is 11.9. The van der Waals surface area contributed by atoms with Crippen LogP contribution in [0.3, 0.4) is 0 Å². The van der Waals surface area contributed by atoms with E-state index in [2.05, 4.69) is 5.32 Å². The first kappa shape index (κ1) is 14.9. The molecule has 2 aromatic carbocycles. The highest BCUT2D eigenvalue weighted by Gasteiger charge is 2.06. The van der Waals surface area contributed by atoms with E-state index in [4.69, 9.17) is 10.00 Å². The summed E-state index contributed by atoms with van der Waals surface area (Å²) in [6.45, 7) is 2.78. The normalized spacial score (nSPS) is 11.6. The first-order valence-electron chi connectivity index (χ1n) is 6.80. The van der Waals surface area contributed by atoms with Gasteiger partial charge in [0.1, 0.15) is 17.6 Å². The van der Waals surface area contributed by atoms with Gasteiger partial charge >= 0.3 is 0 Å². The maximum Gasteiger partial charge on any atom is 0.174 e. The molecule has 1 atom stereocenters. The largest absolute Gasteiger partial charge is 0.508 e. The number of rotatable bonds is 6. The van der Waals surface area contributed by atoms with Crippen LogP contribution < -0.4 is 10.1 Å². The number of hydrogen-bond donors (Lipinski definition) is 2. The molecular weight excluding hydrogens is 264 g/mol. The third-order valence-electron chi connectivity index (χ3n) is 3.18. The Labute approximate surface area is 124 Å². The summed E-state index contributed by atoms with van der Waals surface area (Å²) in [6, 6.07) is 17.0. The number of nitrogens with one attached hydrogen (secondary N) is 1. The summed E-state index contributed by atoms with van der Waals surface area (Å²) in [6.07, 6.45) is 0. The number of aromatic hydroxyl groups is 1. The van der Waals surface area contributed by atoms with Gasteiger partial charge in [-0.15, -0.1) is 0 Å². The number of phenols is 1. The van der Waals surface area contributed by atoms with Crippen LogP contribution in [0.15, 0.2) is 48.5 Å². The van der Waals surface area contributed by atoms with Gasteiger partial charge in [-0.25, -0.2) is 0 Å². The van der Waals surface area contributed by atoms with Gasteiger partial charge in [0.15, 0.2) is 6.61 Å². The number of ether oxygens (including phenoxy) is 1. The fourth-order valence-electron chi connectivity index (χ4n) is 2.04. The molecule has 0 aliphatic rings. The number of phenolic OH excluding ortho intramolecular Hbond substituents is 1. The Balaban J connectivity index is 1.95. The molecular formula is C17H18N2O2. The lowest BCUT2D eigenvalue weighted by atomic mass is 10.1. The highest BCUT2D eigenvalue weighted by atomic mass is 16.5. The summed E-state index contributed by atoms with van der Waals surface area (Å²) in [4.78, 5) is 0. The molecule has 108 valence electrons. The SMILES string of the molecule is CC(NCc1cccc(OCC#N)c1)c1cccc(O)c1. The van der Waals surface area contributed by atoms with Gasteiger partial charge in [-0.2, -0.15) is 5.26 Å². The van der Waals surface area contributed by atoms with E-state index in [1.165, 1.54) is 0 Å². The molecule has 21 heavy (non-hydrogen) atoms. The van der Waals surface area contributed by atoms with Gasteiger partial charge in [-0.3, -0.25) is 0 Å². The zero-order chi connectivity index (χ0) is 15.1. The topological polar surface area (TPSA) is 65.3 Å². The molecule has 1 unspecified atom stereocenters. The van der Waals surface area contributed by atoms with Crippen molar-refractivity contribution >= 4 is 0 Å². The van der Waals surface area contributed by atoms with E-state index in [0.717, 1.165) is 11.1 Å². The summed E-state index contributed by atoms with van der Waals surface area (Å²) in [5.41, 5.74) is 2.12. The van der Waals surface area contributed by atoms with Crippen molar-refractivity contribution in [2.75, 3.05) is 6.61 Å². The van der Waals surface area contributed by atoms with Crippen LogP contribution in [-0.2, 0) is 6.54 Å². The van der Waals surface area contributed by atoms with E-state index in [1.54, 1.807) is 12.1 Å². The Bertz CT molecular complexity index is 635. The second-order valence-electron chi connectivity index (χ2n) is 4.79. The van der Waals surface area contributed by atoms with Crippen LogP contribution in [0, 0.1) is 11.3 Å². The first-order chi connectivity index (χ1) is 10.2. The predicted octanol–water partition coefficient (Wildman–Crippen LogP) is 3.15. The fourth-order valence-corrected chi connectivity index (χ4v) is 2.04. The molecule has 0 aliphatic heterocycles. The number of hydrogen-bond acceptors (Lipinski definition) is 4. The molecule has 2 rings (SSSR count). The van der Waals surface area contributed by atoms with Gasteiger partial charge < -0.3 is 15.2 Å². The van der Waals surface area contributed by atoms with E-state index in [9.17, 15) is 5.11 Å². The van der Waals surface area contributed by atoms with Gasteiger partial charge in [0.05, 0.1) is 0 Å². The first-order valence-corrected chi connectivity index (χ1v) is 6.80. The van der Waals surface area contributed by atoms with Crippen LogP contribution in [0.1, 0.15) is 24.1 Å². The highest BCUT2D eigenvalue weighted by Crippen LogP contribution is 2.19. The average molecular weight is 282 g/mol. The molecule has 0 radical (unpaired) electrons. The van der Waals surface area contributed by atoms with E-state index < -0.39 is 0 Å². The highest BCUT2D eigenvalue weighted by molar-refractivity contribution is 5.30. The van der Waals surface area contributed by atoms with E-state index >= 15 is 0 Å². The summed E-state index contributed by atoms with van der Waals surface area (Å²) < 4.78 is 5.28. The average Bonchev–Trinajstić information content (AvgIpc) is 2.51. The van der Waals surface area contributed by atoms with Crippen molar-refractivity contribution in [1.82, 2.24) is 5.32 Å². The minimum atomic E-state index is 0.0522. The third kappa shape index (κ3) is 4.51. The zero-order valence-electron chi connectivity index (χ0n) is 11.9. The van der Waals surface area contributed by atoms with Gasteiger partial charge in [0, 0.05) is 12.6 Å². The molecule has 4 heteroatoms. The molecule has 2 aromatic rings.